The van der Waals surface area contributed by atoms with E-state index in [1.165, 1.54) is 54.3 Å². The maximum Gasteiger partial charge on any atom is 0.160 e. The predicted octanol–water partition coefficient (Wildman–Crippen LogP) is 17.9. The van der Waals surface area contributed by atoms with Gasteiger partial charge in [-0.3, -0.25) is 0 Å². The summed E-state index contributed by atoms with van der Waals surface area (Å²) >= 11 is 0. The zero-order valence-electron chi connectivity index (χ0n) is 41.1. The summed E-state index contributed by atoms with van der Waals surface area (Å²) in [6, 6.07) is 96.3. The van der Waals surface area contributed by atoms with Crippen LogP contribution >= 0.6 is 0 Å². The van der Waals surface area contributed by atoms with Gasteiger partial charge >= 0.3 is 0 Å². The maximum absolute atomic E-state index is 5.30. The van der Waals surface area contributed by atoms with Crippen molar-refractivity contribution in [3.8, 4) is 56.7 Å². The van der Waals surface area contributed by atoms with Crippen molar-refractivity contribution in [2.45, 2.75) is 0 Å². The Hall–Kier alpha value is -10.3. The quantitative estimate of drug-likeness (QED) is 0.160. The van der Waals surface area contributed by atoms with Gasteiger partial charge in [0.25, 0.3) is 0 Å². The molecule has 0 aliphatic rings. The van der Waals surface area contributed by atoms with Crippen LogP contribution in [0.5, 0.6) is 0 Å². The lowest BCUT2D eigenvalue weighted by Gasteiger charge is -2.12. The molecule has 5 heterocycles. The van der Waals surface area contributed by atoms with Crippen LogP contribution in [0.25, 0.3) is 144 Å². The Bertz CT molecular complexity index is 4890. The van der Waals surface area contributed by atoms with Gasteiger partial charge in [-0.2, -0.15) is 0 Å². The Kier molecular flexibility index (Phi) is 9.23. The van der Waals surface area contributed by atoms with Crippen molar-refractivity contribution in [2.24, 2.45) is 0 Å². The van der Waals surface area contributed by atoms with Crippen LogP contribution in [0.3, 0.4) is 0 Å². The van der Waals surface area contributed by atoms with Gasteiger partial charge in [0, 0.05) is 82.5 Å². The highest BCUT2D eigenvalue weighted by Gasteiger charge is 2.25. The van der Waals surface area contributed by atoms with Crippen LogP contribution in [-0.4, -0.2) is 28.2 Å². The molecular formula is C70H44N6. The number of aromatic nitrogens is 6. The van der Waals surface area contributed by atoms with Crippen molar-refractivity contribution in [3.63, 3.8) is 0 Å². The summed E-state index contributed by atoms with van der Waals surface area (Å²) in [6.07, 6.45) is 0. The molecule has 0 aliphatic heterocycles. The van der Waals surface area contributed by atoms with Crippen molar-refractivity contribution in [1.29, 1.82) is 0 Å². The normalized spacial score (nSPS) is 11.9. The monoisotopic (exact) mass is 968 g/mol. The van der Waals surface area contributed by atoms with Gasteiger partial charge in [0.05, 0.1) is 55.5 Å². The molecule has 6 nitrogen and oxygen atoms in total. The molecule has 16 rings (SSSR count). The molecule has 0 unspecified atom stereocenters. The summed E-state index contributed by atoms with van der Waals surface area (Å²) in [5.41, 5.74) is 18.5. The van der Waals surface area contributed by atoms with E-state index in [1.54, 1.807) is 0 Å². The van der Waals surface area contributed by atoms with Crippen molar-refractivity contribution in [1.82, 2.24) is 28.2 Å². The van der Waals surface area contributed by atoms with Crippen LogP contribution in [0.2, 0.25) is 0 Å². The Morgan fingerprint density at radius 2 is 0.618 bits per heavy atom. The molecule has 0 bridgehead atoms. The summed E-state index contributed by atoms with van der Waals surface area (Å²) in [7, 11) is 0. The Balaban J connectivity index is 1.01. The molecule has 11 aromatic carbocycles. The van der Waals surface area contributed by atoms with E-state index in [9.17, 15) is 0 Å². The van der Waals surface area contributed by atoms with E-state index >= 15 is 0 Å². The Morgan fingerprint density at radius 1 is 0.224 bits per heavy atom. The topological polar surface area (TPSA) is 45.5 Å². The number of benzene rings is 11. The molecule has 16 aromatic rings. The molecule has 0 radical (unpaired) electrons. The summed E-state index contributed by atoms with van der Waals surface area (Å²) in [5, 5.41) is 9.56. The number of hydrogen-bond donors (Lipinski definition) is 0. The third kappa shape index (κ3) is 6.28. The van der Waals surface area contributed by atoms with Gasteiger partial charge in [0.15, 0.2) is 5.82 Å². The standard InChI is InChI=1S/C70H44N6/c1-6-20-45(21-7-1)58-44-59(72-70(71-58)46-22-8-2-9-23-46)47-34-38-62-56(42-47)52-36-40-65-67(55-31-17-19-33-61(55)74(65)49-26-12-4-13-27-49)69(52)76(62)51-35-39-63-57(43-51)53-37-41-64-66(68(53)75(63)50-28-14-5-15-29-50)54-30-16-18-32-60(54)73(64)48-24-10-3-11-25-48/h1-44H. The Morgan fingerprint density at radius 3 is 1.16 bits per heavy atom. The maximum atomic E-state index is 5.30. The summed E-state index contributed by atoms with van der Waals surface area (Å²) < 4.78 is 9.84. The molecule has 354 valence electrons. The van der Waals surface area contributed by atoms with Gasteiger partial charge in [-0.25, -0.2) is 9.97 Å². The largest absolute Gasteiger partial charge is 0.309 e. The number of fused-ring (bicyclic) bond motifs is 14. The second-order valence-corrected chi connectivity index (χ2v) is 19.7. The number of hydrogen-bond acceptors (Lipinski definition) is 2. The molecule has 6 heteroatoms. The van der Waals surface area contributed by atoms with E-state index in [0.717, 1.165) is 83.8 Å². The molecule has 0 saturated carbocycles. The average Bonchev–Trinajstić information content (AvgIpc) is 4.43. The molecule has 0 N–H and O–H groups in total. The zero-order chi connectivity index (χ0) is 49.8. The summed E-state index contributed by atoms with van der Waals surface area (Å²) in [6.45, 7) is 0. The lowest BCUT2D eigenvalue weighted by atomic mass is 10.0. The Labute approximate surface area is 436 Å². The highest BCUT2D eigenvalue weighted by atomic mass is 15.0. The molecule has 0 spiro atoms. The minimum atomic E-state index is 0.694. The van der Waals surface area contributed by atoms with Crippen molar-refractivity contribution < 1.29 is 0 Å². The van der Waals surface area contributed by atoms with Gasteiger partial charge in [-0.1, -0.05) is 170 Å². The van der Waals surface area contributed by atoms with E-state index in [0.29, 0.717) is 5.82 Å². The van der Waals surface area contributed by atoms with Crippen molar-refractivity contribution in [2.75, 3.05) is 0 Å². The summed E-state index contributed by atoms with van der Waals surface area (Å²) in [5.74, 6) is 0.694. The lowest BCUT2D eigenvalue weighted by Crippen LogP contribution is -1.97. The number of para-hydroxylation sites is 5. The molecule has 0 amide bonds. The van der Waals surface area contributed by atoms with Crippen LogP contribution in [0.4, 0.5) is 0 Å². The van der Waals surface area contributed by atoms with Crippen LogP contribution < -0.4 is 0 Å². The molecule has 0 atom stereocenters. The molecule has 5 aromatic heterocycles. The predicted molar refractivity (Wildman–Crippen MR) is 316 cm³/mol. The SMILES string of the molecule is c1ccc(-c2cc(-c3ccc4c(c3)c3ccc5c(c6ccccc6n5-c5ccccc5)c3n4-c3ccc4c(c3)c3ccc5c(c6ccccc6n5-c5ccccc5)c3n4-c3ccccc3)nc(-c3ccccc3)n2)cc1. The van der Waals surface area contributed by atoms with Gasteiger partial charge < -0.3 is 18.3 Å². The van der Waals surface area contributed by atoms with Crippen LogP contribution in [-0.2, 0) is 0 Å². The molecule has 0 saturated heterocycles. The third-order valence-electron chi connectivity index (χ3n) is 15.5. The minimum absolute atomic E-state index is 0.694. The van der Waals surface area contributed by atoms with E-state index in [-0.39, 0.29) is 0 Å². The number of rotatable bonds is 7. The molecule has 76 heavy (non-hydrogen) atoms. The first-order valence-electron chi connectivity index (χ1n) is 25.9. The van der Waals surface area contributed by atoms with Gasteiger partial charge in [0.1, 0.15) is 0 Å². The third-order valence-corrected chi connectivity index (χ3v) is 15.5. The van der Waals surface area contributed by atoms with E-state index in [1.807, 2.05) is 24.3 Å². The second kappa shape index (κ2) is 16.6. The van der Waals surface area contributed by atoms with Crippen LogP contribution in [0.15, 0.2) is 267 Å². The minimum Gasteiger partial charge on any atom is -0.309 e. The highest BCUT2D eigenvalue weighted by Crippen LogP contribution is 2.46. The van der Waals surface area contributed by atoms with Gasteiger partial charge in [-0.05, 0) is 97.1 Å². The van der Waals surface area contributed by atoms with E-state index in [4.69, 9.17) is 9.97 Å². The second-order valence-electron chi connectivity index (χ2n) is 19.7. The van der Waals surface area contributed by atoms with Gasteiger partial charge in [-0.15, -0.1) is 0 Å². The first-order valence-corrected chi connectivity index (χ1v) is 25.9. The highest BCUT2D eigenvalue weighted by molar-refractivity contribution is 6.28. The summed E-state index contributed by atoms with van der Waals surface area (Å²) in [4.78, 5) is 10.4. The zero-order valence-corrected chi connectivity index (χ0v) is 41.1. The van der Waals surface area contributed by atoms with Gasteiger partial charge in [0.2, 0.25) is 0 Å². The number of nitrogens with zero attached hydrogens (tertiary/aromatic N) is 6. The fraction of sp³-hybridized carbons (Fsp3) is 0. The first-order chi connectivity index (χ1) is 37.7. The lowest BCUT2D eigenvalue weighted by molar-refractivity contribution is 1.16. The first kappa shape index (κ1) is 42.2. The average molecular weight is 969 g/mol. The van der Waals surface area contributed by atoms with Crippen LogP contribution in [0, 0.1) is 0 Å². The molecular weight excluding hydrogens is 925 g/mol. The van der Waals surface area contributed by atoms with Crippen LogP contribution in [0.1, 0.15) is 0 Å². The fourth-order valence-corrected chi connectivity index (χ4v) is 12.3. The fourth-order valence-electron chi connectivity index (χ4n) is 12.3. The van der Waals surface area contributed by atoms with Crippen molar-refractivity contribution in [3.05, 3.63) is 267 Å². The van der Waals surface area contributed by atoms with Crippen molar-refractivity contribution >= 4 is 87.2 Å². The molecule has 0 aliphatic carbocycles. The molecule has 0 fully saturated rings. The smallest absolute Gasteiger partial charge is 0.160 e. The van der Waals surface area contributed by atoms with E-state index < -0.39 is 0 Å². The van der Waals surface area contributed by atoms with E-state index in [2.05, 4.69) is 261 Å².